The van der Waals surface area contributed by atoms with Crippen LogP contribution in [0.5, 0.6) is 0 Å². The summed E-state index contributed by atoms with van der Waals surface area (Å²) in [7, 11) is 1.85. The van der Waals surface area contributed by atoms with Gasteiger partial charge in [-0.1, -0.05) is 0 Å². The largest absolute Gasteiger partial charge is 0.313 e. The molecule has 0 aliphatic rings. The number of fused-ring (bicyclic) bond motifs is 1. The number of nitrogens with one attached hydrogen (secondary N) is 1. The van der Waals surface area contributed by atoms with Crippen LogP contribution in [-0.2, 0) is 6.54 Å². The van der Waals surface area contributed by atoms with Crippen LogP contribution in [0.3, 0.4) is 0 Å². The molecule has 15 heavy (non-hydrogen) atoms. The van der Waals surface area contributed by atoms with Crippen molar-refractivity contribution in [1.82, 2.24) is 14.7 Å². The molecule has 4 nitrogen and oxygen atoms in total. The molecule has 0 amide bonds. The third-order valence-electron chi connectivity index (χ3n) is 2.15. The number of imidazole rings is 1. The molecule has 0 spiro atoms. The van der Waals surface area contributed by atoms with Crippen molar-refractivity contribution in [2.24, 2.45) is 0 Å². The first kappa shape index (κ1) is 10.3. The predicted molar refractivity (Wildman–Crippen MR) is 61.0 cm³/mol. The monoisotopic (exact) mass is 267 g/mol. The molecule has 78 valence electrons. The Kier molecular flexibility index (Phi) is 2.83. The Bertz CT molecular complexity index is 507. The number of carbonyl (C=O) groups excluding carboxylic acids is 1. The van der Waals surface area contributed by atoms with E-state index in [2.05, 4.69) is 26.2 Å². The van der Waals surface area contributed by atoms with Crippen LogP contribution in [0.1, 0.15) is 16.3 Å². The number of hydrogen-bond acceptors (Lipinski definition) is 3. The molecule has 0 atom stereocenters. The third-order valence-corrected chi connectivity index (χ3v) is 2.62. The summed E-state index contributed by atoms with van der Waals surface area (Å²) in [5.41, 5.74) is 1.31. The second-order valence-electron chi connectivity index (χ2n) is 3.16. The molecule has 0 unspecified atom stereocenters. The summed E-state index contributed by atoms with van der Waals surface area (Å²) in [6.07, 6.45) is 2.68. The minimum Gasteiger partial charge on any atom is -0.313 e. The molecule has 0 saturated heterocycles. The van der Waals surface area contributed by atoms with Crippen LogP contribution >= 0.6 is 15.9 Å². The average Bonchev–Trinajstić information content (AvgIpc) is 2.57. The fraction of sp³-hybridized carbons (Fsp3) is 0.200. The number of pyridine rings is 1. The van der Waals surface area contributed by atoms with Crippen LogP contribution in [0.2, 0.25) is 0 Å². The summed E-state index contributed by atoms with van der Waals surface area (Å²) in [4.78, 5) is 15.1. The number of rotatable bonds is 3. The fourth-order valence-electron chi connectivity index (χ4n) is 1.52. The Morgan fingerprint density at radius 1 is 1.60 bits per heavy atom. The van der Waals surface area contributed by atoms with Gasteiger partial charge in [0.1, 0.15) is 11.5 Å². The van der Waals surface area contributed by atoms with Gasteiger partial charge in [0.2, 0.25) is 0 Å². The van der Waals surface area contributed by atoms with E-state index in [1.54, 1.807) is 0 Å². The molecule has 1 N–H and O–H groups in total. The van der Waals surface area contributed by atoms with E-state index in [1.165, 1.54) is 0 Å². The highest BCUT2D eigenvalue weighted by Gasteiger charge is 2.09. The van der Waals surface area contributed by atoms with E-state index in [0.717, 1.165) is 22.1 Å². The van der Waals surface area contributed by atoms with Crippen molar-refractivity contribution in [1.29, 1.82) is 0 Å². The third kappa shape index (κ3) is 1.80. The van der Waals surface area contributed by atoms with Crippen LogP contribution < -0.4 is 5.32 Å². The Hall–Kier alpha value is -1.20. The van der Waals surface area contributed by atoms with Gasteiger partial charge in [0.25, 0.3) is 0 Å². The number of halogens is 1. The molecule has 0 bridgehead atoms. The average molecular weight is 268 g/mol. The number of nitrogens with zero attached hydrogens (tertiary/aromatic N) is 2. The Labute approximate surface area is 95.4 Å². The van der Waals surface area contributed by atoms with Gasteiger partial charge in [-0.05, 0) is 35.1 Å². The van der Waals surface area contributed by atoms with Crippen molar-refractivity contribution in [2.45, 2.75) is 6.54 Å². The van der Waals surface area contributed by atoms with Crippen molar-refractivity contribution in [3.8, 4) is 0 Å². The van der Waals surface area contributed by atoms with E-state index in [0.29, 0.717) is 12.2 Å². The standard InChI is InChI=1S/C10H10BrN3O/c1-12-4-10-13-8(6-15)9-3-2-7(11)5-14(9)10/h2-3,5-6,12H,4H2,1H3. The van der Waals surface area contributed by atoms with Crippen molar-refractivity contribution < 1.29 is 4.79 Å². The molecular formula is C10H10BrN3O. The zero-order chi connectivity index (χ0) is 10.8. The topological polar surface area (TPSA) is 46.4 Å². The number of hydrogen-bond donors (Lipinski definition) is 1. The predicted octanol–water partition coefficient (Wildman–Crippen LogP) is 1.63. The smallest absolute Gasteiger partial charge is 0.170 e. The molecule has 0 aliphatic heterocycles. The molecule has 0 aromatic carbocycles. The maximum absolute atomic E-state index is 10.8. The quantitative estimate of drug-likeness (QED) is 0.860. The van der Waals surface area contributed by atoms with Gasteiger partial charge in [-0.2, -0.15) is 0 Å². The second kappa shape index (κ2) is 4.12. The highest BCUT2D eigenvalue weighted by molar-refractivity contribution is 9.10. The van der Waals surface area contributed by atoms with E-state index >= 15 is 0 Å². The number of carbonyl (C=O) groups is 1. The van der Waals surface area contributed by atoms with Crippen LogP contribution in [-0.4, -0.2) is 22.7 Å². The van der Waals surface area contributed by atoms with Gasteiger partial charge in [0.15, 0.2) is 6.29 Å². The maximum atomic E-state index is 10.8. The zero-order valence-electron chi connectivity index (χ0n) is 8.20. The summed E-state index contributed by atoms with van der Waals surface area (Å²) >= 11 is 3.39. The van der Waals surface area contributed by atoms with Crippen molar-refractivity contribution >= 4 is 27.7 Å². The molecule has 2 heterocycles. The molecule has 0 saturated carbocycles. The van der Waals surface area contributed by atoms with Crippen molar-refractivity contribution in [3.05, 3.63) is 34.3 Å². The number of aldehydes is 1. The molecule has 0 aliphatic carbocycles. The molecule has 2 aromatic heterocycles. The van der Waals surface area contributed by atoms with Gasteiger partial charge in [0.05, 0.1) is 12.1 Å². The molecule has 2 aromatic rings. The summed E-state index contributed by atoms with van der Waals surface area (Å²) in [5, 5.41) is 3.02. The first-order chi connectivity index (χ1) is 7.26. The van der Waals surface area contributed by atoms with Crippen LogP contribution in [0.15, 0.2) is 22.8 Å². The number of aromatic nitrogens is 2. The SMILES string of the molecule is CNCc1nc(C=O)c2ccc(Br)cn12. The highest BCUT2D eigenvalue weighted by Crippen LogP contribution is 2.16. The first-order valence-electron chi connectivity index (χ1n) is 4.52. The summed E-state index contributed by atoms with van der Waals surface area (Å²) in [5.74, 6) is 0.830. The lowest BCUT2D eigenvalue weighted by Gasteiger charge is -2.00. The van der Waals surface area contributed by atoms with Gasteiger partial charge in [-0.25, -0.2) is 4.98 Å². The van der Waals surface area contributed by atoms with Gasteiger partial charge >= 0.3 is 0 Å². The lowest BCUT2D eigenvalue weighted by Crippen LogP contribution is -2.08. The maximum Gasteiger partial charge on any atom is 0.170 e. The summed E-state index contributed by atoms with van der Waals surface area (Å²) < 4.78 is 2.87. The van der Waals surface area contributed by atoms with Crippen LogP contribution in [0.4, 0.5) is 0 Å². The Morgan fingerprint density at radius 3 is 3.07 bits per heavy atom. The van der Waals surface area contributed by atoms with Gasteiger partial charge in [-0.15, -0.1) is 0 Å². The first-order valence-corrected chi connectivity index (χ1v) is 5.32. The van der Waals surface area contributed by atoms with E-state index in [1.807, 2.05) is 29.8 Å². The molecule has 5 heteroatoms. The minimum atomic E-state index is 0.479. The zero-order valence-corrected chi connectivity index (χ0v) is 9.78. The lowest BCUT2D eigenvalue weighted by atomic mass is 10.3. The molecule has 2 rings (SSSR count). The van der Waals surface area contributed by atoms with Gasteiger partial charge in [-0.3, -0.25) is 4.79 Å². The minimum absolute atomic E-state index is 0.479. The van der Waals surface area contributed by atoms with Crippen molar-refractivity contribution in [3.63, 3.8) is 0 Å². The second-order valence-corrected chi connectivity index (χ2v) is 4.08. The van der Waals surface area contributed by atoms with Crippen LogP contribution in [0, 0.1) is 0 Å². The van der Waals surface area contributed by atoms with Gasteiger partial charge in [0, 0.05) is 10.7 Å². The highest BCUT2D eigenvalue weighted by atomic mass is 79.9. The molecular weight excluding hydrogens is 258 g/mol. The Balaban J connectivity index is 2.69. The normalized spacial score (nSPS) is 10.8. The molecule has 0 fully saturated rings. The van der Waals surface area contributed by atoms with E-state index in [4.69, 9.17) is 0 Å². The lowest BCUT2D eigenvalue weighted by molar-refractivity contribution is 0.112. The van der Waals surface area contributed by atoms with Crippen molar-refractivity contribution in [2.75, 3.05) is 7.05 Å². The van der Waals surface area contributed by atoms with E-state index in [-0.39, 0.29) is 0 Å². The van der Waals surface area contributed by atoms with Gasteiger partial charge < -0.3 is 9.72 Å². The van der Waals surface area contributed by atoms with E-state index < -0.39 is 0 Å². The van der Waals surface area contributed by atoms with E-state index in [9.17, 15) is 4.79 Å². The van der Waals surface area contributed by atoms with Crippen LogP contribution in [0.25, 0.3) is 5.52 Å². The summed E-state index contributed by atoms with van der Waals surface area (Å²) in [6.45, 7) is 0.630. The summed E-state index contributed by atoms with van der Waals surface area (Å²) in [6, 6.07) is 3.77. The Morgan fingerprint density at radius 2 is 2.40 bits per heavy atom. The molecule has 0 radical (unpaired) electrons. The fourth-order valence-corrected chi connectivity index (χ4v) is 1.85.